The Hall–Kier alpha value is -1.04. The molecule has 136 valence electrons. The predicted octanol–water partition coefficient (Wildman–Crippen LogP) is 6.82. The van der Waals surface area contributed by atoms with E-state index < -0.39 is 0 Å². The third-order valence-electron chi connectivity index (χ3n) is 3.75. The third kappa shape index (κ3) is 6.32. The van der Waals surface area contributed by atoms with E-state index in [-0.39, 0.29) is 0 Å². The van der Waals surface area contributed by atoms with Gasteiger partial charge in [0.15, 0.2) is 0 Å². The number of aromatic nitrogens is 2. The lowest BCUT2D eigenvalue weighted by atomic mass is 10.1. The molecule has 1 heterocycles. The van der Waals surface area contributed by atoms with Gasteiger partial charge in [0.05, 0.1) is 5.02 Å². The third-order valence-corrected chi connectivity index (χ3v) is 5.02. The van der Waals surface area contributed by atoms with Crippen LogP contribution in [0.25, 0.3) is 0 Å². The van der Waals surface area contributed by atoms with Crippen molar-refractivity contribution in [2.75, 3.05) is 5.73 Å². The number of aryl methyl sites for hydroxylation is 1. The van der Waals surface area contributed by atoms with Crippen LogP contribution in [0.3, 0.4) is 0 Å². The number of nitrogens with zero attached hydrogens (tertiary/aromatic N) is 2. The van der Waals surface area contributed by atoms with Gasteiger partial charge in [-0.3, -0.25) is 0 Å². The highest BCUT2D eigenvalue weighted by Gasteiger charge is 2.14. The van der Waals surface area contributed by atoms with Crippen LogP contribution in [0.1, 0.15) is 51.3 Å². The van der Waals surface area contributed by atoms with E-state index in [1.54, 1.807) is 18.2 Å². The predicted molar refractivity (Wildman–Crippen MR) is 108 cm³/mol. The summed E-state index contributed by atoms with van der Waals surface area (Å²) >= 11 is 15.4. The van der Waals surface area contributed by atoms with Crippen molar-refractivity contribution in [3.8, 4) is 11.6 Å². The number of ether oxygens (including phenoxy) is 1. The van der Waals surface area contributed by atoms with Crippen molar-refractivity contribution in [3.63, 3.8) is 0 Å². The molecule has 7 heteroatoms. The lowest BCUT2D eigenvalue weighted by Crippen LogP contribution is -2.04. The molecular weight excluding hydrogens is 425 g/mol. The smallest absolute Gasteiger partial charge is 0.239 e. The van der Waals surface area contributed by atoms with Gasteiger partial charge in [0, 0.05) is 11.4 Å². The normalized spacial score (nSPS) is 10.9. The second-order valence-electron chi connectivity index (χ2n) is 5.84. The van der Waals surface area contributed by atoms with Crippen LogP contribution in [0.2, 0.25) is 10.0 Å². The first-order chi connectivity index (χ1) is 12.0. The van der Waals surface area contributed by atoms with Gasteiger partial charge < -0.3 is 10.5 Å². The molecular formula is C18H22BrCl2N3O. The summed E-state index contributed by atoms with van der Waals surface area (Å²) in [6, 6.07) is 5.02. The van der Waals surface area contributed by atoms with Crippen LogP contribution in [0.15, 0.2) is 22.7 Å². The molecule has 0 bridgehead atoms. The molecule has 2 N–H and O–H groups in total. The zero-order valence-corrected chi connectivity index (χ0v) is 17.3. The monoisotopic (exact) mass is 445 g/mol. The second kappa shape index (κ2) is 10.2. The number of anilines is 1. The minimum absolute atomic E-state index is 0.357. The van der Waals surface area contributed by atoms with Gasteiger partial charge in [-0.05, 0) is 40.5 Å². The fourth-order valence-corrected chi connectivity index (χ4v) is 3.10. The molecule has 4 nitrogen and oxygen atoms in total. The van der Waals surface area contributed by atoms with Crippen LogP contribution in [0.5, 0.6) is 11.6 Å². The lowest BCUT2D eigenvalue weighted by molar-refractivity contribution is 0.455. The lowest BCUT2D eigenvalue weighted by Gasteiger charge is -2.11. The van der Waals surface area contributed by atoms with Gasteiger partial charge in [0.25, 0.3) is 0 Å². The summed E-state index contributed by atoms with van der Waals surface area (Å²) < 4.78 is 6.33. The van der Waals surface area contributed by atoms with Crippen molar-refractivity contribution >= 4 is 44.9 Å². The van der Waals surface area contributed by atoms with E-state index in [1.165, 1.54) is 32.1 Å². The maximum atomic E-state index is 6.16. The van der Waals surface area contributed by atoms with Crippen molar-refractivity contribution in [1.29, 1.82) is 0 Å². The number of unbranched alkanes of at least 4 members (excludes halogenated alkanes) is 5. The number of benzene rings is 1. The molecule has 0 spiro atoms. The fraction of sp³-hybridized carbons (Fsp3) is 0.444. The number of hydrogen-bond donors (Lipinski definition) is 1. The van der Waals surface area contributed by atoms with Crippen LogP contribution >= 0.6 is 39.1 Å². The van der Waals surface area contributed by atoms with E-state index in [2.05, 4.69) is 32.8 Å². The minimum Gasteiger partial charge on any atom is -0.436 e. The van der Waals surface area contributed by atoms with E-state index in [0.717, 1.165) is 12.8 Å². The van der Waals surface area contributed by atoms with Gasteiger partial charge in [-0.1, -0.05) is 62.2 Å². The quantitative estimate of drug-likeness (QED) is 0.429. The Balaban J connectivity index is 2.04. The summed E-state index contributed by atoms with van der Waals surface area (Å²) in [5, 5.41) is 0.955. The molecule has 0 aliphatic rings. The molecule has 2 rings (SSSR count). The van der Waals surface area contributed by atoms with Crippen LogP contribution in [-0.4, -0.2) is 9.97 Å². The van der Waals surface area contributed by atoms with Gasteiger partial charge in [-0.15, -0.1) is 0 Å². The van der Waals surface area contributed by atoms with Crippen LogP contribution in [0.4, 0.5) is 5.82 Å². The molecule has 0 unspecified atom stereocenters. The molecule has 0 amide bonds. The summed E-state index contributed by atoms with van der Waals surface area (Å²) in [6.07, 6.45) is 8.04. The summed E-state index contributed by atoms with van der Waals surface area (Å²) in [6.45, 7) is 2.22. The topological polar surface area (TPSA) is 61.0 Å². The van der Waals surface area contributed by atoms with Gasteiger partial charge in [0.1, 0.15) is 21.9 Å². The Morgan fingerprint density at radius 1 is 1.08 bits per heavy atom. The summed E-state index contributed by atoms with van der Waals surface area (Å²) in [4.78, 5) is 8.81. The molecule has 0 saturated carbocycles. The van der Waals surface area contributed by atoms with Crippen LogP contribution in [-0.2, 0) is 6.42 Å². The number of hydrogen-bond acceptors (Lipinski definition) is 4. The Labute approximate surface area is 167 Å². The van der Waals surface area contributed by atoms with Crippen LogP contribution < -0.4 is 10.5 Å². The first kappa shape index (κ1) is 20.3. The SMILES string of the molecule is CCCCCCCCc1nc(N)c(Br)c(Oc2ccc(Cl)cc2Cl)n1. The average molecular weight is 447 g/mol. The highest BCUT2D eigenvalue weighted by Crippen LogP contribution is 2.35. The van der Waals surface area contributed by atoms with E-state index >= 15 is 0 Å². The largest absolute Gasteiger partial charge is 0.436 e. The van der Waals surface area contributed by atoms with Gasteiger partial charge in [-0.25, -0.2) is 4.98 Å². The Bertz CT molecular complexity index is 713. The van der Waals surface area contributed by atoms with Crippen molar-refractivity contribution in [1.82, 2.24) is 9.97 Å². The van der Waals surface area contributed by atoms with Gasteiger partial charge >= 0.3 is 0 Å². The molecule has 25 heavy (non-hydrogen) atoms. The number of halogens is 3. The molecule has 1 aromatic heterocycles. The molecule has 0 fully saturated rings. The summed E-state index contributed by atoms with van der Waals surface area (Å²) in [7, 11) is 0. The fourth-order valence-electron chi connectivity index (χ4n) is 2.39. The molecule has 0 aliphatic heterocycles. The Morgan fingerprint density at radius 2 is 1.80 bits per heavy atom. The zero-order valence-electron chi connectivity index (χ0n) is 14.2. The van der Waals surface area contributed by atoms with E-state index in [1.807, 2.05) is 0 Å². The molecule has 0 radical (unpaired) electrons. The average Bonchev–Trinajstić information content (AvgIpc) is 2.57. The van der Waals surface area contributed by atoms with Crippen molar-refractivity contribution in [2.45, 2.75) is 51.9 Å². The summed E-state index contributed by atoms with van der Waals surface area (Å²) in [5.41, 5.74) is 5.98. The summed E-state index contributed by atoms with van der Waals surface area (Å²) in [5.74, 6) is 1.86. The van der Waals surface area contributed by atoms with Crippen molar-refractivity contribution in [3.05, 3.63) is 38.5 Å². The molecule has 2 aromatic rings. The molecule has 1 aromatic carbocycles. The Kier molecular flexibility index (Phi) is 8.27. The van der Waals surface area contributed by atoms with E-state index in [0.29, 0.717) is 37.8 Å². The highest BCUT2D eigenvalue weighted by atomic mass is 79.9. The number of rotatable bonds is 9. The highest BCUT2D eigenvalue weighted by molar-refractivity contribution is 9.10. The van der Waals surface area contributed by atoms with E-state index in [9.17, 15) is 0 Å². The van der Waals surface area contributed by atoms with Gasteiger partial charge in [0.2, 0.25) is 5.88 Å². The maximum absolute atomic E-state index is 6.16. The molecule has 0 saturated heterocycles. The maximum Gasteiger partial charge on any atom is 0.239 e. The van der Waals surface area contributed by atoms with Gasteiger partial charge in [-0.2, -0.15) is 4.98 Å². The van der Waals surface area contributed by atoms with Crippen LogP contribution in [0, 0.1) is 0 Å². The second-order valence-corrected chi connectivity index (χ2v) is 7.48. The van der Waals surface area contributed by atoms with Crippen molar-refractivity contribution < 1.29 is 4.74 Å². The number of nitrogens with two attached hydrogens (primary N) is 1. The molecule has 0 atom stereocenters. The minimum atomic E-state index is 0.357. The first-order valence-corrected chi connectivity index (χ1v) is 10.0. The van der Waals surface area contributed by atoms with E-state index in [4.69, 9.17) is 33.7 Å². The Morgan fingerprint density at radius 3 is 2.52 bits per heavy atom. The zero-order chi connectivity index (χ0) is 18.2. The standard InChI is InChI=1S/C18H22BrCl2N3O/c1-2-3-4-5-6-7-8-15-23-17(22)16(19)18(24-15)25-14-10-9-12(20)11-13(14)21/h9-11H,2-8H2,1H3,(H2,22,23,24). The first-order valence-electron chi connectivity index (χ1n) is 8.46. The number of nitrogen functional groups attached to an aromatic ring is 1. The molecule has 0 aliphatic carbocycles. The van der Waals surface area contributed by atoms with Crippen molar-refractivity contribution in [2.24, 2.45) is 0 Å².